The van der Waals surface area contributed by atoms with Crippen molar-refractivity contribution >= 4 is 11.8 Å². The first kappa shape index (κ1) is 11.0. The summed E-state index contributed by atoms with van der Waals surface area (Å²) in [6.45, 7) is 0.0853. The van der Waals surface area contributed by atoms with Gasteiger partial charge in [0.1, 0.15) is 0 Å². The van der Waals surface area contributed by atoms with E-state index < -0.39 is 11.6 Å². The summed E-state index contributed by atoms with van der Waals surface area (Å²) >= 11 is 0. The van der Waals surface area contributed by atoms with Crippen LogP contribution in [0.5, 0.6) is 0 Å². The number of hydrogen-bond donors (Lipinski definition) is 1. The van der Waals surface area contributed by atoms with E-state index in [0.717, 1.165) is 0 Å². The third kappa shape index (κ3) is 2.69. The normalized spacial score (nSPS) is 10.3. The Balaban J connectivity index is 2.91. The molecule has 0 saturated heterocycles. The number of nitrogens with two attached hydrogens (primary N) is 1. The van der Waals surface area contributed by atoms with Gasteiger partial charge >= 0.3 is 0 Å². The molecule has 0 fully saturated rings. The molecule has 0 unspecified atom stereocenters. The Morgan fingerprint density at radius 1 is 1.40 bits per heavy atom. The molecule has 0 aliphatic carbocycles. The van der Waals surface area contributed by atoms with Gasteiger partial charge in [-0.3, -0.25) is 0 Å². The van der Waals surface area contributed by atoms with E-state index in [2.05, 4.69) is 10.0 Å². The summed E-state index contributed by atoms with van der Waals surface area (Å²) < 4.78 is 26.1. The maximum Gasteiger partial charge on any atom is 0.182 e. The Morgan fingerprint density at radius 3 is 2.80 bits per heavy atom. The fraction of sp³-hybridized carbons (Fsp3) is 0.111. The van der Waals surface area contributed by atoms with Crippen LogP contribution in [0.15, 0.2) is 23.3 Å². The molecule has 1 rings (SSSR count). The quantitative estimate of drug-likeness (QED) is 0.354. The van der Waals surface area contributed by atoms with Crippen LogP contribution in [-0.4, -0.2) is 6.54 Å². The predicted octanol–water partition coefficient (Wildman–Crippen LogP) is 2.87. The Morgan fingerprint density at radius 2 is 2.13 bits per heavy atom. The highest BCUT2D eigenvalue weighted by molar-refractivity contribution is 5.55. The molecule has 15 heavy (non-hydrogen) atoms. The molecule has 2 N–H and O–H groups in total. The third-order valence-corrected chi connectivity index (χ3v) is 1.69. The predicted molar refractivity (Wildman–Crippen MR) is 53.8 cm³/mol. The lowest BCUT2D eigenvalue weighted by Crippen LogP contribution is -1.96. The topological polar surface area (TPSA) is 74.8 Å². The molecule has 0 heterocycles. The molecule has 1 aromatic carbocycles. The van der Waals surface area contributed by atoms with Crippen LogP contribution in [0.1, 0.15) is 5.56 Å². The van der Waals surface area contributed by atoms with Gasteiger partial charge in [-0.25, -0.2) is 8.78 Å². The zero-order valence-corrected chi connectivity index (χ0v) is 7.69. The van der Waals surface area contributed by atoms with Crippen LogP contribution in [0.4, 0.5) is 14.5 Å². The van der Waals surface area contributed by atoms with Crippen LogP contribution < -0.4 is 5.73 Å². The van der Waals surface area contributed by atoms with Crippen LogP contribution in [0, 0.1) is 11.6 Å². The molecule has 4 nitrogen and oxygen atoms in total. The maximum atomic E-state index is 13.2. The monoisotopic (exact) mass is 210 g/mol. The van der Waals surface area contributed by atoms with Gasteiger partial charge in [-0.15, -0.1) is 0 Å². The van der Waals surface area contributed by atoms with Crippen molar-refractivity contribution in [3.8, 4) is 0 Å². The Hall–Kier alpha value is -2.07. The minimum atomic E-state index is -1.07. The molecule has 0 spiro atoms. The van der Waals surface area contributed by atoms with E-state index in [-0.39, 0.29) is 17.8 Å². The van der Waals surface area contributed by atoms with Gasteiger partial charge in [0.15, 0.2) is 11.6 Å². The third-order valence-electron chi connectivity index (χ3n) is 1.69. The molecule has 0 aliphatic rings. The zero-order valence-electron chi connectivity index (χ0n) is 7.69. The Bertz CT molecular complexity index is 436. The van der Waals surface area contributed by atoms with Gasteiger partial charge in [0.25, 0.3) is 0 Å². The lowest BCUT2D eigenvalue weighted by atomic mass is 10.1. The van der Waals surface area contributed by atoms with Gasteiger partial charge in [0, 0.05) is 17.0 Å². The van der Waals surface area contributed by atoms with Crippen LogP contribution in [-0.2, 0) is 0 Å². The lowest BCUT2D eigenvalue weighted by molar-refractivity contribution is 0.510. The van der Waals surface area contributed by atoms with E-state index in [1.54, 1.807) is 0 Å². The highest BCUT2D eigenvalue weighted by atomic mass is 19.2. The molecular formula is C9H8F2N4. The summed E-state index contributed by atoms with van der Waals surface area (Å²) in [7, 11) is 0. The SMILES string of the molecule is [N-]=[N+]=NCC=Cc1ccc(N)c(F)c1F. The van der Waals surface area contributed by atoms with E-state index >= 15 is 0 Å². The summed E-state index contributed by atoms with van der Waals surface area (Å²) in [5.74, 6) is -2.08. The number of nitrogens with zero attached hydrogens (tertiary/aromatic N) is 3. The van der Waals surface area contributed by atoms with Gasteiger partial charge < -0.3 is 5.73 Å². The first-order chi connectivity index (χ1) is 7.16. The van der Waals surface area contributed by atoms with E-state index in [0.29, 0.717) is 0 Å². The maximum absolute atomic E-state index is 13.2. The van der Waals surface area contributed by atoms with Gasteiger partial charge in [-0.2, -0.15) is 0 Å². The molecule has 1 aromatic rings. The molecule has 0 atom stereocenters. The molecule has 6 heteroatoms. The van der Waals surface area contributed by atoms with E-state index in [1.807, 2.05) is 0 Å². The van der Waals surface area contributed by atoms with Crippen LogP contribution in [0.2, 0.25) is 0 Å². The first-order valence-corrected chi connectivity index (χ1v) is 4.07. The summed E-state index contributed by atoms with van der Waals surface area (Å²) in [6.07, 6.45) is 2.75. The second-order valence-corrected chi connectivity index (χ2v) is 2.69. The van der Waals surface area contributed by atoms with Crippen molar-refractivity contribution in [2.24, 2.45) is 5.11 Å². The number of rotatable bonds is 3. The molecule has 0 aliphatic heterocycles. The molecule has 0 amide bonds. The minimum Gasteiger partial charge on any atom is -0.396 e. The highest BCUT2D eigenvalue weighted by Crippen LogP contribution is 2.18. The number of hydrogen-bond acceptors (Lipinski definition) is 2. The second kappa shape index (κ2) is 4.97. The number of azide groups is 1. The summed E-state index contributed by atoms with van der Waals surface area (Å²) in [5.41, 5.74) is 13.0. The average Bonchev–Trinajstić information content (AvgIpc) is 2.24. The second-order valence-electron chi connectivity index (χ2n) is 2.69. The number of nitrogen functional groups attached to an aromatic ring is 1. The van der Waals surface area contributed by atoms with Crippen molar-refractivity contribution in [2.45, 2.75) is 0 Å². The van der Waals surface area contributed by atoms with Gasteiger partial charge in [0.05, 0.1) is 5.69 Å². The van der Waals surface area contributed by atoms with Crippen LogP contribution in [0.25, 0.3) is 16.5 Å². The number of halogens is 2. The van der Waals surface area contributed by atoms with Crippen molar-refractivity contribution in [1.29, 1.82) is 0 Å². The van der Waals surface area contributed by atoms with Crippen LogP contribution in [0.3, 0.4) is 0 Å². The fourth-order valence-electron chi connectivity index (χ4n) is 0.971. The van der Waals surface area contributed by atoms with Crippen molar-refractivity contribution in [3.05, 3.63) is 45.8 Å². The lowest BCUT2D eigenvalue weighted by Gasteiger charge is -2.00. The van der Waals surface area contributed by atoms with E-state index in [9.17, 15) is 8.78 Å². The molecule has 0 saturated carbocycles. The van der Waals surface area contributed by atoms with Crippen molar-refractivity contribution in [2.75, 3.05) is 12.3 Å². The highest BCUT2D eigenvalue weighted by Gasteiger charge is 2.08. The van der Waals surface area contributed by atoms with E-state index in [4.69, 9.17) is 11.3 Å². The van der Waals surface area contributed by atoms with Crippen molar-refractivity contribution in [1.82, 2.24) is 0 Å². The van der Waals surface area contributed by atoms with Gasteiger partial charge in [0.2, 0.25) is 0 Å². The standard InChI is InChI=1S/C9H8F2N4/c10-8-6(2-1-5-14-15-13)3-4-7(12)9(8)11/h1-4H,5,12H2. The van der Waals surface area contributed by atoms with Crippen molar-refractivity contribution < 1.29 is 8.78 Å². The number of anilines is 1. The Labute approximate surface area is 84.6 Å². The summed E-state index contributed by atoms with van der Waals surface area (Å²) in [4.78, 5) is 2.51. The van der Waals surface area contributed by atoms with Gasteiger partial charge in [-0.05, 0) is 17.7 Å². The molecular weight excluding hydrogens is 202 g/mol. The largest absolute Gasteiger partial charge is 0.396 e. The first-order valence-electron chi connectivity index (χ1n) is 4.07. The van der Waals surface area contributed by atoms with E-state index in [1.165, 1.54) is 24.3 Å². The molecule has 0 aromatic heterocycles. The molecule has 78 valence electrons. The van der Waals surface area contributed by atoms with Gasteiger partial charge in [-0.1, -0.05) is 17.3 Å². The Kier molecular flexibility index (Phi) is 3.65. The molecule has 0 radical (unpaired) electrons. The number of benzene rings is 1. The molecule has 0 bridgehead atoms. The zero-order chi connectivity index (χ0) is 11.3. The minimum absolute atomic E-state index is 0.0647. The fourth-order valence-corrected chi connectivity index (χ4v) is 0.971. The summed E-state index contributed by atoms with van der Waals surface area (Å²) in [5, 5.41) is 3.21. The smallest absolute Gasteiger partial charge is 0.182 e. The van der Waals surface area contributed by atoms with Crippen molar-refractivity contribution in [3.63, 3.8) is 0 Å². The van der Waals surface area contributed by atoms with Crippen LogP contribution >= 0.6 is 0 Å². The average molecular weight is 210 g/mol. The summed E-state index contributed by atoms with van der Waals surface area (Å²) in [6, 6.07) is 2.62.